The summed E-state index contributed by atoms with van der Waals surface area (Å²) in [7, 11) is 0. The minimum absolute atomic E-state index is 0.147. The van der Waals surface area contributed by atoms with Gasteiger partial charge in [-0.15, -0.1) is 0 Å². The Morgan fingerprint density at radius 3 is 1.96 bits per heavy atom. The molecule has 1 aliphatic heterocycles. The number of ether oxygens (including phenoxy) is 1. The zero-order valence-corrected chi connectivity index (χ0v) is 27.3. The fourth-order valence-corrected chi connectivity index (χ4v) is 8.20. The Morgan fingerprint density at radius 2 is 1.08 bits per heavy atom. The number of fused-ring (bicyclic) bond motifs is 8. The maximum absolute atomic E-state index is 8.68. The van der Waals surface area contributed by atoms with Gasteiger partial charge in [0, 0.05) is 16.5 Å². The number of benzene rings is 10. The zero-order chi connectivity index (χ0) is 37.8. The Kier molecular flexibility index (Phi) is 5.05. The first-order valence-corrected chi connectivity index (χ1v) is 17.2. The average molecular weight is 652 g/mol. The van der Waals surface area contributed by atoms with E-state index in [9.17, 15) is 0 Å². The van der Waals surface area contributed by atoms with Crippen LogP contribution in [0, 0.1) is 0 Å². The summed E-state index contributed by atoms with van der Waals surface area (Å²) in [4.78, 5) is 0. The SMILES string of the molecule is [2H]c1c([2H])c([2H])c(-c2ccc3c(c2)Oc2cccc4c2c-3c(-c2ccc3ccccc3c2)c2ccc(-c3cc5ccccc5c5ccccc35)cc24)c([2H])c1[2H]. The fourth-order valence-electron chi connectivity index (χ4n) is 8.20. The molecule has 0 bridgehead atoms. The van der Waals surface area contributed by atoms with Gasteiger partial charge in [0.25, 0.3) is 0 Å². The fraction of sp³-hybridized carbons (Fsp3) is 0. The van der Waals surface area contributed by atoms with Crippen LogP contribution in [0.2, 0.25) is 0 Å². The van der Waals surface area contributed by atoms with Crippen LogP contribution in [0.1, 0.15) is 6.85 Å². The van der Waals surface area contributed by atoms with Gasteiger partial charge in [-0.25, -0.2) is 0 Å². The molecule has 0 fully saturated rings. The lowest BCUT2D eigenvalue weighted by atomic mass is 9.82. The summed E-state index contributed by atoms with van der Waals surface area (Å²) in [6.07, 6.45) is 0. The van der Waals surface area contributed by atoms with Crippen molar-refractivity contribution >= 4 is 53.9 Å². The first kappa shape index (κ1) is 23.6. The molecule has 0 N–H and O–H groups in total. The lowest BCUT2D eigenvalue weighted by molar-refractivity contribution is 0.487. The van der Waals surface area contributed by atoms with Gasteiger partial charge >= 0.3 is 0 Å². The van der Waals surface area contributed by atoms with Gasteiger partial charge in [-0.3, -0.25) is 0 Å². The molecule has 1 heteroatoms. The Morgan fingerprint density at radius 1 is 0.353 bits per heavy atom. The number of hydrogen-bond acceptors (Lipinski definition) is 1. The summed E-state index contributed by atoms with van der Waals surface area (Å²) < 4.78 is 48.8. The average Bonchev–Trinajstić information content (AvgIpc) is 3.24. The number of hydrogen-bond donors (Lipinski definition) is 0. The molecule has 10 aromatic carbocycles. The predicted octanol–water partition coefficient (Wildman–Crippen LogP) is 14.2. The maximum Gasteiger partial charge on any atom is 0.135 e. The molecule has 0 saturated carbocycles. The highest BCUT2D eigenvalue weighted by Crippen LogP contribution is 2.54. The molecule has 11 rings (SSSR count). The molecule has 1 heterocycles. The van der Waals surface area contributed by atoms with Crippen molar-refractivity contribution in [1.29, 1.82) is 0 Å². The molecule has 0 saturated heterocycles. The van der Waals surface area contributed by atoms with Crippen molar-refractivity contribution in [3.63, 3.8) is 0 Å². The Hall–Kier alpha value is -6.70. The van der Waals surface area contributed by atoms with Crippen LogP contribution in [0.4, 0.5) is 0 Å². The van der Waals surface area contributed by atoms with E-state index in [1.807, 2.05) is 30.3 Å². The molecular formula is C50H30O. The van der Waals surface area contributed by atoms with Crippen LogP contribution in [-0.4, -0.2) is 0 Å². The lowest BCUT2D eigenvalue weighted by Crippen LogP contribution is -2.01. The largest absolute Gasteiger partial charge is 0.456 e. The Labute approximate surface area is 302 Å². The highest BCUT2D eigenvalue weighted by Gasteiger charge is 2.27. The van der Waals surface area contributed by atoms with Gasteiger partial charge < -0.3 is 4.74 Å². The summed E-state index contributed by atoms with van der Waals surface area (Å²) in [5.41, 5.74) is 7.02. The van der Waals surface area contributed by atoms with Crippen molar-refractivity contribution < 1.29 is 11.6 Å². The van der Waals surface area contributed by atoms with Crippen molar-refractivity contribution in [3.8, 4) is 56.0 Å². The maximum atomic E-state index is 8.68. The van der Waals surface area contributed by atoms with E-state index in [-0.39, 0.29) is 29.7 Å². The molecule has 0 unspecified atom stereocenters. The smallest absolute Gasteiger partial charge is 0.135 e. The predicted molar refractivity (Wildman–Crippen MR) is 216 cm³/mol. The monoisotopic (exact) mass is 651 g/mol. The van der Waals surface area contributed by atoms with E-state index in [0.717, 1.165) is 60.1 Å². The zero-order valence-electron chi connectivity index (χ0n) is 32.3. The van der Waals surface area contributed by atoms with Crippen molar-refractivity contribution in [2.45, 2.75) is 0 Å². The van der Waals surface area contributed by atoms with Crippen molar-refractivity contribution in [2.24, 2.45) is 0 Å². The van der Waals surface area contributed by atoms with Gasteiger partial charge in [-0.05, 0) is 118 Å². The first-order chi connectivity index (χ1) is 27.4. The summed E-state index contributed by atoms with van der Waals surface area (Å²) in [5, 5.41) is 11.5. The van der Waals surface area contributed by atoms with E-state index in [0.29, 0.717) is 17.1 Å². The topological polar surface area (TPSA) is 9.23 Å². The second-order valence-corrected chi connectivity index (χ2v) is 13.3. The van der Waals surface area contributed by atoms with Crippen molar-refractivity contribution in [1.82, 2.24) is 0 Å². The Bertz CT molecular complexity index is 3320. The molecule has 0 aromatic heterocycles. The molecule has 0 spiro atoms. The van der Waals surface area contributed by atoms with E-state index in [1.54, 1.807) is 0 Å². The summed E-state index contributed by atoms with van der Waals surface area (Å²) in [6.45, 7) is 0. The minimum Gasteiger partial charge on any atom is -0.456 e. The summed E-state index contributed by atoms with van der Waals surface area (Å²) in [6, 6.07) is 51.6. The van der Waals surface area contributed by atoms with Gasteiger partial charge in [-0.2, -0.15) is 0 Å². The quantitative estimate of drug-likeness (QED) is 0.173. The molecule has 10 aromatic rings. The molecule has 0 aliphatic carbocycles. The molecule has 1 aliphatic rings. The number of rotatable bonds is 3. The van der Waals surface area contributed by atoms with E-state index in [4.69, 9.17) is 11.6 Å². The highest BCUT2D eigenvalue weighted by atomic mass is 16.5. The normalized spacial score (nSPS) is 13.5. The van der Waals surface area contributed by atoms with E-state index in [1.165, 1.54) is 27.1 Å². The van der Waals surface area contributed by atoms with Gasteiger partial charge in [-0.1, -0.05) is 145 Å². The molecule has 51 heavy (non-hydrogen) atoms. The molecule has 0 amide bonds. The second kappa shape index (κ2) is 10.9. The van der Waals surface area contributed by atoms with Crippen LogP contribution in [-0.2, 0) is 0 Å². The molecule has 1 nitrogen and oxygen atoms in total. The summed E-state index contributed by atoms with van der Waals surface area (Å²) >= 11 is 0. The third-order valence-corrected chi connectivity index (χ3v) is 10.5. The van der Waals surface area contributed by atoms with Crippen LogP contribution >= 0.6 is 0 Å². The van der Waals surface area contributed by atoms with Gasteiger partial charge in [0.2, 0.25) is 0 Å². The van der Waals surface area contributed by atoms with Gasteiger partial charge in [0.1, 0.15) is 11.5 Å². The third kappa shape index (κ3) is 4.28. The van der Waals surface area contributed by atoms with E-state index >= 15 is 0 Å². The second-order valence-electron chi connectivity index (χ2n) is 13.3. The highest BCUT2D eigenvalue weighted by molar-refractivity contribution is 6.25. The Balaban J connectivity index is 1.22. The van der Waals surface area contributed by atoms with Gasteiger partial charge in [0.05, 0.1) is 6.85 Å². The van der Waals surface area contributed by atoms with Crippen LogP contribution < -0.4 is 4.74 Å². The molecule has 0 radical (unpaired) electrons. The first-order valence-electron chi connectivity index (χ1n) is 19.7. The van der Waals surface area contributed by atoms with E-state index < -0.39 is 6.04 Å². The third-order valence-electron chi connectivity index (χ3n) is 10.5. The van der Waals surface area contributed by atoms with Crippen LogP contribution in [0.15, 0.2) is 182 Å². The summed E-state index contributed by atoms with van der Waals surface area (Å²) in [5.74, 6) is 1.27. The lowest BCUT2D eigenvalue weighted by Gasteiger charge is -2.26. The van der Waals surface area contributed by atoms with Crippen molar-refractivity contribution in [3.05, 3.63) is 182 Å². The van der Waals surface area contributed by atoms with Gasteiger partial charge in [0.15, 0.2) is 0 Å². The molecular weight excluding hydrogens is 617 g/mol. The molecule has 236 valence electrons. The minimum atomic E-state index is -0.414. The van der Waals surface area contributed by atoms with Crippen LogP contribution in [0.5, 0.6) is 11.5 Å². The van der Waals surface area contributed by atoms with E-state index in [2.05, 4.69) is 121 Å². The van der Waals surface area contributed by atoms with Crippen molar-refractivity contribution in [2.75, 3.05) is 0 Å². The van der Waals surface area contributed by atoms with Crippen LogP contribution in [0.3, 0.4) is 0 Å². The standard InChI is InChI=1S/C50H30O/c1-2-11-31(12-3-1)34-23-26-43-47(30-34)51-46-20-10-19-41-45-29-36(44-28-35-15-6-7-16-38(35)39-17-8-9-18-40(39)44)24-25-42(45)48(50(43)49(41)46)37-22-21-32-13-4-5-14-33(32)27-37/h1-30H/i1D,2D,3D,11D,12D. The van der Waals surface area contributed by atoms with Crippen LogP contribution in [0.25, 0.3) is 98.4 Å². The molecule has 0 atom stereocenters.